The van der Waals surface area contributed by atoms with Crippen LogP contribution in [0.15, 0.2) is 48.5 Å². The van der Waals surface area contributed by atoms with E-state index in [4.69, 9.17) is 21.1 Å². The number of hydrogen-bond donors (Lipinski definition) is 1. The second-order valence-corrected chi connectivity index (χ2v) is 7.02. The van der Waals surface area contributed by atoms with E-state index in [9.17, 15) is 4.79 Å². The fourth-order valence-corrected chi connectivity index (χ4v) is 3.92. The number of hydrogen-bond acceptors (Lipinski definition) is 3. The number of ether oxygens (including phenoxy) is 2. The van der Waals surface area contributed by atoms with Gasteiger partial charge in [0.25, 0.3) is 0 Å². The number of nitrogens with one attached hydrogen (secondary N) is 1. The van der Waals surface area contributed by atoms with Gasteiger partial charge in [-0.15, -0.1) is 0 Å². The van der Waals surface area contributed by atoms with Crippen molar-refractivity contribution in [3.63, 3.8) is 0 Å². The Balaban J connectivity index is 1.63. The van der Waals surface area contributed by atoms with Crippen LogP contribution in [-0.2, 0) is 14.9 Å². The fraction of sp³-hybridized carbons (Fsp3) is 0.350. The zero-order valence-electron chi connectivity index (χ0n) is 13.8. The second-order valence-electron chi connectivity index (χ2n) is 6.58. The minimum Gasteiger partial charge on any atom is -0.491 e. The minimum atomic E-state index is -0.610. The Kier molecular flexibility index (Phi) is 4.40. The van der Waals surface area contributed by atoms with Gasteiger partial charge in [0.15, 0.2) is 0 Å². The van der Waals surface area contributed by atoms with Crippen LogP contribution in [0.5, 0.6) is 5.75 Å². The van der Waals surface area contributed by atoms with Crippen LogP contribution in [0.2, 0.25) is 5.02 Å². The highest BCUT2D eigenvalue weighted by Gasteiger charge is 2.43. The number of halogens is 1. The van der Waals surface area contributed by atoms with Gasteiger partial charge in [-0.1, -0.05) is 41.9 Å². The average molecular weight is 358 g/mol. The molecule has 1 saturated heterocycles. The summed E-state index contributed by atoms with van der Waals surface area (Å²) in [6.45, 7) is 1.60. The van der Waals surface area contributed by atoms with Gasteiger partial charge >= 0.3 is 0 Å². The molecule has 130 valence electrons. The molecule has 5 heteroatoms. The van der Waals surface area contributed by atoms with E-state index in [1.807, 2.05) is 48.5 Å². The van der Waals surface area contributed by atoms with E-state index in [1.54, 1.807) is 0 Å². The SMILES string of the molecule is O=C(N[C@H]1COc2ccccc21)C1(c2cccc(Cl)c2)CCOCC1. The highest BCUT2D eigenvalue weighted by Crippen LogP contribution is 2.38. The van der Waals surface area contributed by atoms with Crippen LogP contribution < -0.4 is 10.1 Å². The van der Waals surface area contributed by atoms with E-state index in [0.717, 1.165) is 16.9 Å². The molecule has 0 saturated carbocycles. The zero-order valence-corrected chi connectivity index (χ0v) is 14.6. The van der Waals surface area contributed by atoms with Crippen LogP contribution in [0.3, 0.4) is 0 Å². The molecule has 2 aliphatic rings. The molecule has 4 nitrogen and oxygen atoms in total. The second kappa shape index (κ2) is 6.70. The summed E-state index contributed by atoms with van der Waals surface area (Å²) in [6, 6.07) is 15.3. The van der Waals surface area contributed by atoms with Crippen molar-refractivity contribution in [2.45, 2.75) is 24.3 Å². The maximum Gasteiger partial charge on any atom is 0.231 e. The summed E-state index contributed by atoms with van der Waals surface area (Å²) >= 11 is 6.19. The molecule has 0 aromatic heterocycles. The van der Waals surface area contributed by atoms with Gasteiger partial charge in [-0.05, 0) is 36.6 Å². The molecule has 2 aromatic rings. The normalized spacial score (nSPS) is 21.2. The molecular weight excluding hydrogens is 338 g/mol. The largest absolute Gasteiger partial charge is 0.491 e. The molecule has 1 N–H and O–H groups in total. The van der Waals surface area contributed by atoms with Crippen LogP contribution in [0.1, 0.15) is 30.0 Å². The van der Waals surface area contributed by atoms with Crippen molar-refractivity contribution in [1.29, 1.82) is 0 Å². The maximum absolute atomic E-state index is 13.3. The molecule has 1 amide bonds. The van der Waals surface area contributed by atoms with Crippen LogP contribution in [0.4, 0.5) is 0 Å². The summed E-state index contributed by atoms with van der Waals surface area (Å²) in [5, 5.41) is 3.85. The average Bonchev–Trinajstić information content (AvgIpc) is 3.05. The Hall–Kier alpha value is -2.04. The third-order valence-corrected chi connectivity index (χ3v) is 5.40. The molecule has 1 fully saturated rings. The van der Waals surface area contributed by atoms with E-state index in [2.05, 4.69) is 5.32 Å². The maximum atomic E-state index is 13.3. The molecule has 0 bridgehead atoms. The number of fused-ring (bicyclic) bond motifs is 1. The Morgan fingerprint density at radius 3 is 2.72 bits per heavy atom. The number of benzene rings is 2. The van der Waals surface area contributed by atoms with Gasteiger partial charge in [0.1, 0.15) is 12.4 Å². The van der Waals surface area contributed by atoms with Crippen LogP contribution >= 0.6 is 11.6 Å². The molecule has 0 unspecified atom stereocenters. The molecule has 25 heavy (non-hydrogen) atoms. The van der Waals surface area contributed by atoms with Crippen molar-refractivity contribution in [2.75, 3.05) is 19.8 Å². The van der Waals surface area contributed by atoms with Gasteiger partial charge in [-0.2, -0.15) is 0 Å². The molecule has 0 radical (unpaired) electrons. The molecule has 0 aliphatic carbocycles. The van der Waals surface area contributed by atoms with E-state index in [-0.39, 0.29) is 11.9 Å². The number of rotatable bonds is 3. The monoisotopic (exact) mass is 357 g/mol. The van der Waals surface area contributed by atoms with E-state index < -0.39 is 5.41 Å². The van der Waals surface area contributed by atoms with Gasteiger partial charge < -0.3 is 14.8 Å². The van der Waals surface area contributed by atoms with Gasteiger partial charge in [0, 0.05) is 23.8 Å². The van der Waals surface area contributed by atoms with Crippen LogP contribution in [-0.4, -0.2) is 25.7 Å². The summed E-state index contributed by atoms with van der Waals surface area (Å²) in [5.74, 6) is 0.861. The predicted octanol–water partition coefficient (Wildman–Crippen LogP) is 3.64. The third kappa shape index (κ3) is 3.00. The molecular formula is C20H20ClNO3. The first kappa shape index (κ1) is 16.4. The van der Waals surface area contributed by atoms with Crippen LogP contribution in [0.25, 0.3) is 0 Å². The first-order valence-corrected chi connectivity index (χ1v) is 8.93. The number of para-hydroxylation sites is 1. The van der Waals surface area contributed by atoms with Gasteiger partial charge in [0.2, 0.25) is 5.91 Å². The van der Waals surface area contributed by atoms with Gasteiger partial charge in [-0.25, -0.2) is 0 Å². The molecule has 0 spiro atoms. The van der Waals surface area contributed by atoms with Crippen LogP contribution in [0, 0.1) is 0 Å². The lowest BCUT2D eigenvalue weighted by Gasteiger charge is -2.37. The summed E-state index contributed by atoms with van der Waals surface area (Å²) in [5.41, 5.74) is 1.37. The zero-order chi connectivity index (χ0) is 17.3. The van der Waals surface area contributed by atoms with Crippen molar-refractivity contribution in [1.82, 2.24) is 5.32 Å². The Morgan fingerprint density at radius 1 is 1.12 bits per heavy atom. The Morgan fingerprint density at radius 2 is 1.92 bits per heavy atom. The quantitative estimate of drug-likeness (QED) is 0.912. The smallest absolute Gasteiger partial charge is 0.231 e. The first-order valence-electron chi connectivity index (χ1n) is 8.55. The van der Waals surface area contributed by atoms with E-state index in [0.29, 0.717) is 37.7 Å². The Labute approximate surface area is 152 Å². The lowest BCUT2D eigenvalue weighted by atomic mass is 9.73. The highest BCUT2D eigenvalue weighted by molar-refractivity contribution is 6.30. The lowest BCUT2D eigenvalue weighted by Crippen LogP contribution is -2.49. The van der Waals surface area contributed by atoms with Crippen molar-refractivity contribution in [3.05, 3.63) is 64.7 Å². The number of carbonyl (C=O) groups excluding carboxylic acids is 1. The van der Waals surface area contributed by atoms with Gasteiger partial charge in [0.05, 0.1) is 11.5 Å². The fourth-order valence-electron chi connectivity index (χ4n) is 3.73. The first-order chi connectivity index (χ1) is 12.2. The van der Waals surface area contributed by atoms with Crippen molar-refractivity contribution in [2.24, 2.45) is 0 Å². The minimum absolute atomic E-state index is 0.0170. The summed E-state index contributed by atoms with van der Waals surface area (Å²) in [6.07, 6.45) is 1.29. The van der Waals surface area contributed by atoms with Crippen molar-refractivity contribution in [3.8, 4) is 5.75 Å². The summed E-state index contributed by atoms with van der Waals surface area (Å²) in [7, 11) is 0. The van der Waals surface area contributed by atoms with Gasteiger partial charge in [-0.3, -0.25) is 4.79 Å². The molecule has 1 atom stereocenters. The van der Waals surface area contributed by atoms with E-state index in [1.165, 1.54) is 0 Å². The standard InChI is InChI=1S/C20H20ClNO3/c21-15-5-3-4-14(12-15)20(8-10-24-11-9-20)19(23)22-17-13-25-18-7-2-1-6-16(17)18/h1-7,12,17H,8-11,13H2,(H,22,23)/t17-/m0/s1. The van der Waals surface area contributed by atoms with Crippen molar-refractivity contribution >= 4 is 17.5 Å². The number of amides is 1. The molecule has 2 aliphatic heterocycles. The highest BCUT2D eigenvalue weighted by atomic mass is 35.5. The lowest BCUT2D eigenvalue weighted by molar-refractivity contribution is -0.131. The third-order valence-electron chi connectivity index (χ3n) is 5.16. The Bertz CT molecular complexity index is 786. The molecule has 2 aromatic carbocycles. The molecule has 2 heterocycles. The summed E-state index contributed by atoms with van der Waals surface area (Å²) in [4.78, 5) is 13.3. The van der Waals surface area contributed by atoms with E-state index >= 15 is 0 Å². The summed E-state index contributed by atoms with van der Waals surface area (Å²) < 4.78 is 11.2. The topological polar surface area (TPSA) is 47.6 Å². The van der Waals surface area contributed by atoms with Crippen molar-refractivity contribution < 1.29 is 14.3 Å². The molecule has 4 rings (SSSR count). The predicted molar refractivity (Wildman–Crippen MR) is 96.0 cm³/mol. The number of carbonyl (C=O) groups is 1.